The zero-order valence-corrected chi connectivity index (χ0v) is 30.8. The normalized spacial score (nSPS) is 27.3. The van der Waals surface area contributed by atoms with E-state index in [1.54, 1.807) is 6.07 Å². The average molecular weight is 676 g/mol. The minimum atomic E-state index is -0.966. The Bertz CT molecular complexity index is 1280. The molecule has 2 aromatic carbocycles. The predicted molar refractivity (Wildman–Crippen MR) is 200 cm³/mol. The highest BCUT2D eigenvalue weighted by molar-refractivity contribution is 5.76. The Morgan fingerprint density at radius 1 is 0.878 bits per heavy atom. The molecule has 2 aromatic rings. The fraction of sp³-hybridized carbons (Fsp3) is 0.705. The minimum absolute atomic E-state index is 0.142. The SMILES string of the molecule is CCCCCCCCCCCC(=O)N(CCCCC[C@@H]1Cc2cc(O)ccc2C2C1C1CC[C@H](O)[C@@]1(C)C[C@@H]2F)CCCc1ccccc1. The maximum absolute atomic E-state index is 16.1. The number of hydrogen-bond acceptors (Lipinski definition) is 3. The lowest BCUT2D eigenvalue weighted by atomic mass is 9.51. The lowest BCUT2D eigenvalue weighted by Gasteiger charge is -2.54. The van der Waals surface area contributed by atoms with Gasteiger partial charge in [0, 0.05) is 25.4 Å². The summed E-state index contributed by atoms with van der Waals surface area (Å²) in [5, 5.41) is 21.3. The number of amides is 1. The van der Waals surface area contributed by atoms with Gasteiger partial charge < -0.3 is 15.1 Å². The number of unbranched alkanes of at least 4 members (excludes halogenated alkanes) is 10. The minimum Gasteiger partial charge on any atom is -0.508 e. The number of halogens is 1. The maximum Gasteiger partial charge on any atom is 0.222 e. The fourth-order valence-electron chi connectivity index (χ4n) is 10.1. The Labute approximate surface area is 297 Å². The number of hydrogen-bond donors (Lipinski definition) is 2. The van der Waals surface area contributed by atoms with Crippen LogP contribution in [0.25, 0.3) is 0 Å². The third kappa shape index (κ3) is 9.89. The van der Waals surface area contributed by atoms with E-state index in [4.69, 9.17) is 0 Å². The number of phenolic OH excluding ortho intramolecular Hbond substituents is 1. The van der Waals surface area contributed by atoms with Gasteiger partial charge >= 0.3 is 0 Å². The molecule has 0 spiro atoms. The van der Waals surface area contributed by atoms with Gasteiger partial charge in [0.1, 0.15) is 11.9 Å². The van der Waals surface area contributed by atoms with Crippen molar-refractivity contribution in [1.82, 2.24) is 4.90 Å². The summed E-state index contributed by atoms with van der Waals surface area (Å²) in [7, 11) is 0. The number of aliphatic hydroxyl groups excluding tert-OH is 1. The molecule has 272 valence electrons. The van der Waals surface area contributed by atoms with Crippen LogP contribution < -0.4 is 0 Å². The molecule has 0 saturated heterocycles. The molecule has 0 bridgehead atoms. The first-order chi connectivity index (χ1) is 23.8. The molecule has 5 rings (SSSR count). The van der Waals surface area contributed by atoms with Crippen molar-refractivity contribution >= 4 is 5.91 Å². The van der Waals surface area contributed by atoms with E-state index >= 15 is 4.39 Å². The van der Waals surface area contributed by atoms with E-state index in [1.165, 1.54) is 50.5 Å². The summed E-state index contributed by atoms with van der Waals surface area (Å²) in [6.45, 7) is 6.03. The van der Waals surface area contributed by atoms with Crippen LogP contribution in [0.1, 0.15) is 152 Å². The van der Waals surface area contributed by atoms with Gasteiger partial charge in [-0.25, -0.2) is 4.39 Å². The number of alkyl halides is 1. The van der Waals surface area contributed by atoms with Crippen molar-refractivity contribution in [3.63, 3.8) is 0 Å². The largest absolute Gasteiger partial charge is 0.508 e. The molecule has 2 saturated carbocycles. The van der Waals surface area contributed by atoms with Crippen LogP contribution in [0.5, 0.6) is 5.75 Å². The van der Waals surface area contributed by atoms with E-state index < -0.39 is 12.3 Å². The molecule has 3 aliphatic carbocycles. The Morgan fingerprint density at radius 3 is 2.33 bits per heavy atom. The quantitative estimate of drug-likeness (QED) is 0.137. The van der Waals surface area contributed by atoms with Crippen molar-refractivity contribution in [1.29, 1.82) is 0 Å². The van der Waals surface area contributed by atoms with E-state index in [1.807, 2.05) is 12.1 Å². The highest BCUT2D eigenvalue weighted by Gasteiger charge is 2.59. The summed E-state index contributed by atoms with van der Waals surface area (Å²) in [5.74, 6) is 1.36. The van der Waals surface area contributed by atoms with E-state index in [0.717, 1.165) is 94.8 Å². The summed E-state index contributed by atoms with van der Waals surface area (Å²) in [4.78, 5) is 15.6. The summed E-state index contributed by atoms with van der Waals surface area (Å²) >= 11 is 0. The standard InChI is InChI=1S/C44H66FNO3/c1-3-4-5-6-7-8-9-10-16-23-41(49)46(29-18-21-33-19-13-11-14-20-33)28-17-12-15-22-34-30-35-31-36(47)24-25-37(35)43-39(45)32-44(2)38(42(34)43)26-27-40(44)48/h11,13-14,19-20,24-25,31,34,38-40,42-43,47-48H,3-10,12,15-18,21-23,26-30,32H2,1-2H3/t34-,38?,39+,40+,42?,43?,44+/m1/s1. The molecule has 3 unspecified atom stereocenters. The topological polar surface area (TPSA) is 60.8 Å². The number of carbonyl (C=O) groups excluding carboxylic acids is 1. The number of carbonyl (C=O) groups is 1. The van der Waals surface area contributed by atoms with Gasteiger partial charge in [-0.2, -0.15) is 0 Å². The van der Waals surface area contributed by atoms with Gasteiger partial charge in [0.05, 0.1) is 6.10 Å². The molecule has 0 aromatic heterocycles. The Balaban J connectivity index is 1.13. The fourth-order valence-corrected chi connectivity index (χ4v) is 10.1. The van der Waals surface area contributed by atoms with Crippen LogP contribution in [0.2, 0.25) is 0 Å². The van der Waals surface area contributed by atoms with Crippen LogP contribution in [-0.2, 0) is 17.6 Å². The number of nitrogens with zero attached hydrogens (tertiary/aromatic N) is 1. The van der Waals surface area contributed by atoms with Crippen LogP contribution in [0.15, 0.2) is 48.5 Å². The van der Waals surface area contributed by atoms with Crippen molar-refractivity contribution in [3.05, 3.63) is 65.2 Å². The van der Waals surface area contributed by atoms with E-state index in [-0.39, 0.29) is 23.0 Å². The van der Waals surface area contributed by atoms with E-state index in [2.05, 4.69) is 49.1 Å². The first kappa shape index (κ1) is 37.8. The predicted octanol–water partition coefficient (Wildman–Crippen LogP) is 10.7. The first-order valence-corrected chi connectivity index (χ1v) is 20.3. The molecule has 49 heavy (non-hydrogen) atoms. The second-order valence-corrected chi connectivity index (χ2v) is 16.3. The van der Waals surface area contributed by atoms with Gasteiger partial charge in [-0.1, -0.05) is 114 Å². The molecule has 0 aliphatic heterocycles. The zero-order chi connectivity index (χ0) is 34.6. The van der Waals surface area contributed by atoms with Gasteiger partial charge in [-0.15, -0.1) is 0 Å². The van der Waals surface area contributed by atoms with Gasteiger partial charge in [0.25, 0.3) is 0 Å². The van der Waals surface area contributed by atoms with Gasteiger partial charge in [-0.05, 0) is 110 Å². The number of fused-ring (bicyclic) bond motifs is 5. The highest BCUT2D eigenvalue weighted by atomic mass is 19.1. The van der Waals surface area contributed by atoms with Crippen LogP contribution in [0.3, 0.4) is 0 Å². The molecule has 4 nitrogen and oxygen atoms in total. The van der Waals surface area contributed by atoms with Crippen molar-refractivity contribution < 1.29 is 19.4 Å². The molecular formula is C44H66FNO3. The monoisotopic (exact) mass is 676 g/mol. The zero-order valence-electron chi connectivity index (χ0n) is 30.8. The summed E-state index contributed by atoms with van der Waals surface area (Å²) in [6.07, 6.45) is 19.8. The molecule has 0 radical (unpaired) electrons. The molecule has 2 fully saturated rings. The Kier molecular flexibility index (Phi) is 14.5. The summed E-state index contributed by atoms with van der Waals surface area (Å²) in [5.41, 5.74) is 3.19. The molecule has 7 atom stereocenters. The highest BCUT2D eigenvalue weighted by Crippen LogP contribution is 2.63. The number of phenols is 1. The molecule has 0 heterocycles. The number of benzene rings is 2. The summed E-state index contributed by atoms with van der Waals surface area (Å²) in [6, 6.07) is 16.2. The van der Waals surface area contributed by atoms with Gasteiger partial charge in [0.2, 0.25) is 5.91 Å². The van der Waals surface area contributed by atoms with Crippen LogP contribution >= 0.6 is 0 Å². The number of aryl methyl sites for hydroxylation is 1. The van der Waals surface area contributed by atoms with Crippen molar-refractivity contribution in [2.24, 2.45) is 23.2 Å². The van der Waals surface area contributed by atoms with Crippen molar-refractivity contribution in [2.45, 2.75) is 160 Å². The Hall–Kier alpha value is -2.40. The first-order valence-electron chi connectivity index (χ1n) is 20.3. The van der Waals surface area contributed by atoms with Crippen LogP contribution in [-0.4, -0.2) is 46.4 Å². The maximum atomic E-state index is 16.1. The smallest absolute Gasteiger partial charge is 0.222 e. The molecule has 3 aliphatic rings. The number of rotatable bonds is 20. The van der Waals surface area contributed by atoms with Crippen molar-refractivity contribution in [2.75, 3.05) is 13.1 Å². The molecule has 2 N–H and O–H groups in total. The lowest BCUT2D eigenvalue weighted by molar-refractivity contribution is -0.131. The van der Waals surface area contributed by atoms with Crippen LogP contribution in [0.4, 0.5) is 4.39 Å². The van der Waals surface area contributed by atoms with Gasteiger partial charge in [0.15, 0.2) is 0 Å². The number of aromatic hydroxyl groups is 1. The number of aliphatic hydroxyl groups is 1. The third-order valence-electron chi connectivity index (χ3n) is 12.9. The van der Waals surface area contributed by atoms with Crippen LogP contribution in [0, 0.1) is 23.2 Å². The van der Waals surface area contributed by atoms with E-state index in [0.29, 0.717) is 30.6 Å². The lowest BCUT2D eigenvalue weighted by Crippen LogP contribution is -2.51. The average Bonchev–Trinajstić information content (AvgIpc) is 3.39. The second kappa shape index (κ2) is 18.7. The van der Waals surface area contributed by atoms with E-state index in [9.17, 15) is 15.0 Å². The molecule has 5 heteroatoms. The third-order valence-corrected chi connectivity index (χ3v) is 12.9. The van der Waals surface area contributed by atoms with Gasteiger partial charge in [-0.3, -0.25) is 4.79 Å². The summed E-state index contributed by atoms with van der Waals surface area (Å²) < 4.78 is 16.1. The molecular weight excluding hydrogens is 609 g/mol. The Morgan fingerprint density at radius 2 is 1.57 bits per heavy atom. The van der Waals surface area contributed by atoms with Crippen molar-refractivity contribution in [3.8, 4) is 5.75 Å². The second-order valence-electron chi connectivity index (χ2n) is 16.3. The molecule has 1 amide bonds.